The lowest BCUT2D eigenvalue weighted by Crippen LogP contribution is -2.12. The molecule has 0 saturated carbocycles. The first kappa shape index (κ1) is 13.8. The maximum Gasteiger partial charge on any atom is 0.313 e. The summed E-state index contributed by atoms with van der Waals surface area (Å²) in [6.07, 6.45) is 2.00. The number of rotatable bonds is 5. The average molecular weight is 296 g/mol. The van der Waals surface area contributed by atoms with Gasteiger partial charge in [-0.15, -0.1) is 22.0 Å². The maximum atomic E-state index is 10.5. The highest BCUT2D eigenvalue weighted by Gasteiger charge is 2.13. The van der Waals surface area contributed by atoms with E-state index in [0.717, 1.165) is 22.2 Å². The van der Waals surface area contributed by atoms with E-state index in [-0.39, 0.29) is 5.75 Å². The standard InChI is InChI=1S/C11H12N4O2S2/c1-18-8-4-2-7(3-5-8)10-13-14-11(15(10)12)19-6-9(16)17/h2-5H,6,12H2,1H3,(H,16,17). The van der Waals surface area contributed by atoms with Crippen molar-refractivity contribution in [3.63, 3.8) is 0 Å². The topological polar surface area (TPSA) is 94.0 Å². The van der Waals surface area contributed by atoms with E-state index in [1.807, 2.05) is 30.5 Å². The van der Waals surface area contributed by atoms with Crippen LogP contribution in [-0.4, -0.2) is 38.0 Å². The number of carboxylic acid groups (broad SMARTS) is 1. The molecule has 0 aliphatic rings. The number of carboxylic acids is 1. The fraction of sp³-hybridized carbons (Fsp3) is 0.182. The van der Waals surface area contributed by atoms with Crippen LogP contribution in [0.15, 0.2) is 34.3 Å². The molecule has 0 unspecified atom stereocenters. The van der Waals surface area contributed by atoms with E-state index >= 15 is 0 Å². The molecular weight excluding hydrogens is 284 g/mol. The summed E-state index contributed by atoms with van der Waals surface area (Å²) in [4.78, 5) is 11.7. The number of hydrogen-bond donors (Lipinski definition) is 2. The van der Waals surface area contributed by atoms with Gasteiger partial charge in [0.1, 0.15) is 0 Å². The van der Waals surface area contributed by atoms with E-state index in [0.29, 0.717) is 11.0 Å². The van der Waals surface area contributed by atoms with Crippen LogP contribution in [0.2, 0.25) is 0 Å². The monoisotopic (exact) mass is 296 g/mol. The molecule has 0 bridgehead atoms. The second-order valence-electron chi connectivity index (χ2n) is 3.59. The van der Waals surface area contributed by atoms with Gasteiger partial charge in [0.05, 0.1) is 5.75 Å². The van der Waals surface area contributed by atoms with Crippen LogP contribution in [-0.2, 0) is 4.79 Å². The Hall–Kier alpha value is -1.67. The number of nitrogens with two attached hydrogens (primary N) is 1. The number of hydrogen-bond acceptors (Lipinski definition) is 6. The predicted molar refractivity (Wildman–Crippen MR) is 75.7 cm³/mol. The minimum Gasteiger partial charge on any atom is -0.481 e. The van der Waals surface area contributed by atoms with Gasteiger partial charge < -0.3 is 10.9 Å². The van der Waals surface area contributed by atoms with E-state index in [9.17, 15) is 4.79 Å². The fourth-order valence-corrected chi connectivity index (χ4v) is 2.42. The summed E-state index contributed by atoms with van der Waals surface area (Å²) in [7, 11) is 0. The summed E-state index contributed by atoms with van der Waals surface area (Å²) in [5, 5.41) is 16.9. The second kappa shape index (κ2) is 5.98. The van der Waals surface area contributed by atoms with Gasteiger partial charge in [-0.25, -0.2) is 4.68 Å². The van der Waals surface area contributed by atoms with Gasteiger partial charge in [0.15, 0.2) is 5.82 Å². The lowest BCUT2D eigenvalue weighted by atomic mass is 10.2. The van der Waals surface area contributed by atoms with Crippen molar-refractivity contribution in [3.05, 3.63) is 24.3 Å². The summed E-state index contributed by atoms with van der Waals surface area (Å²) < 4.78 is 1.31. The smallest absolute Gasteiger partial charge is 0.313 e. The predicted octanol–water partition coefficient (Wildman–Crippen LogP) is 1.56. The fourth-order valence-electron chi connectivity index (χ4n) is 1.44. The molecule has 1 aromatic carbocycles. The van der Waals surface area contributed by atoms with Crippen LogP contribution >= 0.6 is 23.5 Å². The van der Waals surface area contributed by atoms with Gasteiger partial charge in [0, 0.05) is 10.5 Å². The Kier molecular flexibility index (Phi) is 4.33. The van der Waals surface area contributed by atoms with E-state index < -0.39 is 5.97 Å². The molecule has 19 heavy (non-hydrogen) atoms. The van der Waals surface area contributed by atoms with Gasteiger partial charge in [-0.1, -0.05) is 23.9 Å². The zero-order chi connectivity index (χ0) is 13.8. The van der Waals surface area contributed by atoms with Crippen LogP contribution < -0.4 is 5.84 Å². The quantitative estimate of drug-likeness (QED) is 0.638. The third-order valence-corrected chi connectivity index (χ3v) is 4.01. The van der Waals surface area contributed by atoms with Crippen LogP contribution in [0.1, 0.15) is 0 Å². The van der Waals surface area contributed by atoms with Crippen molar-refractivity contribution in [2.24, 2.45) is 0 Å². The van der Waals surface area contributed by atoms with Crippen LogP contribution in [0.5, 0.6) is 0 Å². The van der Waals surface area contributed by atoms with Gasteiger partial charge in [0.25, 0.3) is 0 Å². The van der Waals surface area contributed by atoms with Crippen molar-refractivity contribution in [1.82, 2.24) is 14.9 Å². The number of nitrogen functional groups attached to an aromatic ring is 1. The zero-order valence-corrected chi connectivity index (χ0v) is 11.7. The molecule has 0 atom stereocenters. The molecule has 0 spiro atoms. The molecule has 0 aliphatic carbocycles. The van der Waals surface area contributed by atoms with Crippen molar-refractivity contribution < 1.29 is 9.90 Å². The summed E-state index contributed by atoms with van der Waals surface area (Å²) >= 11 is 2.69. The van der Waals surface area contributed by atoms with E-state index in [1.54, 1.807) is 11.8 Å². The average Bonchev–Trinajstić information content (AvgIpc) is 2.78. The van der Waals surface area contributed by atoms with Crippen LogP contribution in [0.3, 0.4) is 0 Å². The first-order valence-electron chi connectivity index (χ1n) is 5.31. The molecular formula is C11H12N4O2S2. The molecule has 2 aromatic rings. The van der Waals surface area contributed by atoms with Gasteiger partial charge in [0.2, 0.25) is 5.16 Å². The van der Waals surface area contributed by atoms with Crippen molar-refractivity contribution in [1.29, 1.82) is 0 Å². The molecule has 100 valence electrons. The molecule has 1 aromatic heterocycles. The maximum absolute atomic E-state index is 10.5. The highest BCUT2D eigenvalue weighted by molar-refractivity contribution is 7.99. The van der Waals surface area contributed by atoms with Gasteiger partial charge in [-0.05, 0) is 18.4 Å². The lowest BCUT2D eigenvalue weighted by molar-refractivity contribution is -0.133. The van der Waals surface area contributed by atoms with Crippen molar-refractivity contribution in [3.8, 4) is 11.4 Å². The van der Waals surface area contributed by atoms with Gasteiger partial charge >= 0.3 is 5.97 Å². The number of aliphatic carboxylic acids is 1. The Balaban J connectivity index is 2.22. The Morgan fingerprint density at radius 1 is 1.37 bits per heavy atom. The Labute approximate surface area is 118 Å². The van der Waals surface area contributed by atoms with Crippen LogP contribution in [0.25, 0.3) is 11.4 Å². The Morgan fingerprint density at radius 2 is 2.05 bits per heavy atom. The molecule has 2 rings (SSSR count). The number of benzene rings is 1. The first-order valence-corrected chi connectivity index (χ1v) is 7.52. The third-order valence-electron chi connectivity index (χ3n) is 2.34. The lowest BCUT2D eigenvalue weighted by Gasteiger charge is -2.03. The molecule has 0 aliphatic heterocycles. The minimum absolute atomic E-state index is 0.0965. The molecule has 0 fully saturated rings. The van der Waals surface area contributed by atoms with Crippen molar-refractivity contribution in [2.75, 3.05) is 17.9 Å². The number of carbonyl (C=O) groups is 1. The Bertz CT molecular complexity index is 583. The molecule has 1 heterocycles. The van der Waals surface area contributed by atoms with E-state index in [2.05, 4.69) is 10.2 Å². The molecule has 8 heteroatoms. The van der Waals surface area contributed by atoms with Gasteiger partial charge in [-0.3, -0.25) is 4.79 Å². The number of aromatic nitrogens is 3. The van der Waals surface area contributed by atoms with Crippen molar-refractivity contribution >= 4 is 29.5 Å². The normalized spacial score (nSPS) is 10.6. The summed E-state index contributed by atoms with van der Waals surface area (Å²) in [6.45, 7) is 0. The van der Waals surface area contributed by atoms with Crippen LogP contribution in [0, 0.1) is 0 Å². The highest BCUT2D eigenvalue weighted by atomic mass is 32.2. The molecule has 0 radical (unpaired) electrons. The first-order chi connectivity index (χ1) is 9.11. The number of thioether (sulfide) groups is 2. The van der Waals surface area contributed by atoms with Gasteiger partial charge in [-0.2, -0.15) is 0 Å². The number of nitrogens with zero attached hydrogens (tertiary/aromatic N) is 3. The molecule has 0 saturated heterocycles. The van der Waals surface area contributed by atoms with E-state index in [1.165, 1.54) is 4.68 Å². The van der Waals surface area contributed by atoms with Crippen LogP contribution in [0.4, 0.5) is 0 Å². The summed E-state index contributed by atoms with van der Waals surface area (Å²) in [5.74, 6) is 5.37. The molecule has 3 N–H and O–H groups in total. The Morgan fingerprint density at radius 3 is 2.63 bits per heavy atom. The molecule has 6 nitrogen and oxygen atoms in total. The third kappa shape index (κ3) is 3.21. The SMILES string of the molecule is CSc1ccc(-c2nnc(SCC(=O)O)n2N)cc1. The van der Waals surface area contributed by atoms with Crippen molar-refractivity contribution in [2.45, 2.75) is 10.1 Å². The summed E-state index contributed by atoms with van der Waals surface area (Å²) in [6, 6.07) is 7.76. The largest absolute Gasteiger partial charge is 0.481 e. The zero-order valence-electron chi connectivity index (χ0n) is 10.1. The summed E-state index contributed by atoms with van der Waals surface area (Å²) in [5.41, 5.74) is 0.843. The molecule has 0 amide bonds. The second-order valence-corrected chi connectivity index (χ2v) is 5.41. The van der Waals surface area contributed by atoms with E-state index in [4.69, 9.17) is 10.9 Å². The minimum atomic E-state index is -0.918. The highest BCUT2D eigenvalue weighted by Crippen LogP contribution is 2.23.